The van der Waals surface area contributed by atoms with Gasteiger partial charge in [0.05, 0.1) is 0 Å². The van der Waals surface area contributed by atoms with Crippen molar-refractivity contribution in [3.8, 4) is 0 Å². The Morgan fingerprint density at radius 1 is 1.67 bits per heavy atom. The number of nitrogens with zero attached hydrogens (tertiary/aromatic N) is 1. The zero-order valence-corrected chi connectivity index (χ0v) is 14.1. The molecule has 1 aliphatic heterocycles. The Morgan fingerprint density at radius 3 is 2.89 bits per heavy atom. The molecular weight excluding hydrogens is 358 g/mol. The first kappa shape index (κ1) is 14.2. The van der Waals surface area contributed by atoms with Crippen LogP contribution in [0.1, 0.15) is 16.1 Å². The van der Waals surface area contributed by atoms with E-state index in [0.29, 0.717) is 11.0 Å². The molecule has 2 N–H and O–H groups in total. The van der Waals surface area contributed by atoms with Crippen molar-refractivity contribution >= 4 is 43.1 Å². The van der Waals surface area contributed by atoms with Crippen molar-refractivity contribution in [2.24, 2.45) is 5.73 Å². The molecule has 18 heavy (non-hydrogen) atoms. The van der Waals surface area contributed by atoms with E-state index in [0.717, 1.165) is 19.5 Å². The van der Waals surface area contributed by atoms with E-state index in [2.05, 4.69) is 12.4 Å². The standard InChI is InChI=1S/C5H4NOS.C5H10NO.CH3.CH2.Sb/c6-5(7)4-2-1-3-8-4;1-7-5-2-3-6-4-5;;;/h1-2H,(H2,6,7);5H,2-4H2,1H3;1H3;1H2;/q;-1;;;+1. The Bertz CT molecular complexity index is 500. The van der Waals surface area contributed by atoms with E-state index in [1.807, 2.05) is 12.1 Å². The second-order valence-corrected chi connectivity index (χ2v) is 16.2. The molecular formula is C12H19N2O2SSb. The predicted octanol–water partition coefficient (Wildman–Crippen LogP) is 0.364. The van der Waals surface area contributed by atoms with Gasteiger partial charge in [-0.2, -0.15) is 0 Å². The number of rotatable bonds is 4. The number of nitrogens with two attached hydrogens (primary N) is 1. The number of hydrogen-bond donors (Lipinski definition) is 1. The molecule has 2 atom stereocenters. The molecule has 0 aromatic carbocycles. The molecule has 0 radical (unpaired) electrons. The molecule has 1 fully saturated rings. The number of carbonyl (C=O) groups excluding carboxylic acids is 1. The van der Waals surface area contributed by atoms with Gasteiger partial charge in [0.25, 0.3) is 0 Å². The van der Waals surface area contributed by atoms with Gasteiger partial charge in [0.2, 0.25) is 0 Å². The van der Waals surface area contributed by atoms with E-state index in [1.165, 1.54) is 14.2 Å². The molecule has 1 aliphatic rings. The summed E-state index contributed by atoms with van der Waals surface area (Å²) in [4.78, 5) is 14.1. The Kier molecular flexibility index (Phi) is 4.27. The molecule has 2 rings (SSSR count). The number of methoxy groups -OCH3 is 1. The summed E-state index contributed by atoms with van der Waals surface area (Å²) in [5.74, 6) is -0.345. The monoisotopic (exact) mass is 376 g/mol. The third kappa shape index (κ3) is 2.69. The molecule has 1 amide bonds. The van der Waals surface area contributed by atoms with E-state index >= 15 is 0 Å². The first-order valence-corrected chi connectivity index (χ1v) is 13.4. The van der Waals surface area contributed by atoms with Crippen molar-refractivity contribution in [3.63, 3.8) is 0 Å². The summed E-state index contributed by atoms with van der Waals surface area (Å²) < 4.78 is 13.7. The molecule has 0 spiro atoms. The van der Waals surface area contributed by atoms with E-state index in [9.17, 15) is 4.79 Å². The number of ether oxygens (including phenoxy) is 1. The van der Waals surface area contributed by atoms with Gasteiger partial charge in [-0.3, -0.25) is 0 Å². The zero-order chi connectivity index (χ0) is 13.3. The van der Waals surface area contributed by atoms with Crippen molar-refractivity contribution in [2.45, 2.75) is 17.4 Å². The van der Waals surface area contributed by atoms with Crippen molar-refractivity contribution in [3.05, 3.63) is 17.0 Å². The van der Waals surface area contributed by atoms with Crippen molar-refractivity contribution in [2.75, 3.05) is 20.2 Å². The fourth-order valence-corrected chi connectivity index (χ4v) is 11.3. The summed E-state index contributed by atoms with van der Waals surface area (Å²) in [6.45, 7) is 2.01. The van der Waals surface area contributed by atoms with E-state index in [4.69, 9.17) is 10.5 Å². The molecule has 0 saturated carbocycles. The number of thiophene rings is 1. The molecule has 2 unspecified atom stereocenters. The topological polar surface area (TPSA) is 55.6 Å². The molecule has 1 saturated heterocycles. The summed E-state index contributed by atoms with van der Waals surface area (Å²) in [5, 5.41) is 0. The Labute approximate surface area is 116 Å². The summed E-state index contributed by atoms with van der Waals surface area (Å²) in [5.41, 5.74) is 5.31. The molecule has 1 aromatic heterocycles. The normalized spacial score (nSPS) is 24.0. The minimum absolute atomic E-state index is 0.329. The van der Waals surface area contributed by atoms with Crippen LogP contribution in [0.3, 0.4) is 0 Å². The Morgan fingerprint density at radius 2 is 2.39 bits per heavy atom. The van der Waals surface area contributed by atoms with Crippen LogP contribution < -0.4 is 8.56 Å². The van der Waals surface area contributed by atoms with Crippen LogP contribution in [0.5, 0.6) is 0 Å². The molecule has 6 heteroatoms. The summed E-state index contributed by atoms with van der Waals surface area (Å²) in [6.07, 6.45) is 1.40. The summed E-state index contributed by atoms with van der Waals surface area (Å²) in [7, 11) is 1.76. The Hall–Kier alpha value is -0.222. The van der Waals surface area contributed by atoms with E-state index in [-0.39, 0.29) is 5.91 Å². The van der Waals surface area contributed by atoms with Crippen LogP contribution in [0.15, 0.2) is 12.1 Å². The number of primary amides is 1. The first-order chi connectivity index (χ1) is 8.45. The van der Waals surface area contributed by atoms with Gasteiger partial charge < -0.3 is 0 Å². The van der Waals surface area contributed by atoms with Gasteiger partial charge in [-0.15, -0.1) is 0 Å². The second-order valence-electron chi connectivity index (χ2n) is 4.70. The van der Waals surface area contributed by atoms with Crippen LogP contribution in [0, 0.1) is 0 Å². The van der Waals surface area contributed by atoms with E-state index in [1.54, 1.807) is 7.11 Å². The Balaban J connectivity index is 2.20. The van der Waals surface area contributed by atoms with E-state index < -0.39 is 18.6 Å². The molecule has 2 heterocycles. The number of carbonyl (C=O) groups is 1. The predicted molar refractivity (Wildman–Crippen MR) is 78.2 cm³/mol. The van der Waals surface area contributed by atoms with Gasteiger partial charge in [-0.05, 0) is 0 Å². The second kappa shape index (κ2) is 5.41. The van der Waals surface area contributed by atoms with Gasteiger partial charge in [0.1, 0.15) is 0 Å². The van der Waals surface area contributed by atoms with Crippen LogP contribution in [0.2, 0.25) is 4.87 Å². The van der Waals surface area contributed by atoms with Gasteiger partial charge in [-0.1, -0.05) is 0 Å². The molecule has 0 aliphatic carbocycles. The maximum absolute atomic E-state index is 11.2. The van der Waals surface area contributed by atoms with Gasteiger partial charge in [0, 0.05) is 0 Å². The van der Waals surface area contributed by atoms with Crippen LogP contribution in [-0.2, 0) is 4.74 Å². The molecule has 100 valence electrons. The molecule has 0 bridgehead atoms. The van der Waals surface area contributed by atoms with Crippen LogP contribution >= 0.6 is 11.3 Å². The zero-order valence-electron chi connectivity index (χ0n) is 10.8. The van der Waals surface area contributed by atoms with Gasteiger partial charge in [0.15, 0.2) is 0 Å². The molecule has 1 aromatic rings. The minimum atomic E-state index is -2.61. The SMILES string of the molecule is [CH2]=[Sb]([CH3])([c]1ccc(C(N)=O)s1)[N]1CCC(OC)C1. The van der Waals surface area contributed by atoms with Crippen LogP contribution in [0.4, 0.5) is 0 Å². The van der Waals surface area contributed by atoms with Crippen LogP contribution in [0.25, 0.3) is 0 Å². The first-order valence-electron chi connectivity index (χ1n) is 5.84. The fraction of sp³-hybridized carbons (Fsp3) is 0.500. The van der Waals surface area contributed by atoms with Crippen molar-refractivity contribution < 1.29 is 9.53 Å². The number of amides is 1. The third-order valence-corrected chi connectivity index (χ3v) is 15.4. The van der Waals surface area contributed by atoms with Crippen molar-refractivity contribution in [1.82, 2.24) is 3.06 Å². The van der Waals surface area contributed by atoms with Crippen molar-refractivity contribution in [1.29, 1.82) is 0 Å². The third-order valence-electron chi connectivity index (χ3n) is 3.39. The quantitative estimate of drug-likeness (QED) is 0.772. The fourth-order valence-electron chi connectivity index (χ4n) is 2.16. The molecule has 4 nitrogen and oxygen atoms in total. The van der Waals surface area contributed by atoms with Gasteiger partial charge >= 0.3 is 116 Å². The number of hydrogen-bond acceptors (Lipinski definition) is 4. The van der Waals surface area contributed by atoms with Crippen LogP contribution in [-0.4, -0.2) is 58.3 Å². The maximum atomic E-state index is 11.2. The average molecular weight is 377 g/mol. The summed E-state index contributed by atoms with van der Waals surface area (Å²) in [6, 6.07) is 3.85. The summed E-state index contributed by atoms with van der Waals surface area (Å²) >= 11 is -1.10. The van der Waals surface area contributed by atoms with Gasteiger partial charge in [-0.25, -0.2) is 0 Å². The average Bonchev–Trinajstić information content (AvgIpc) is 2.98.